The van der Waals surface area contributed by atoms with Crippen molar-refractivity contribution in [3.05, 3.63) is 83.3 Å². The predicted molar refractivity (Wildman–Crippen MR) is 107 cm³/mol. The number of carbonyl (C=O) groups is 2. The van der Waals surface area contributed by atoms with Crippen molar-refractivity contribution in [2.24, 2.45) is 0 Å². The van der Waals surface area contributed by atoms with Crippen LogP contribution >= 0.6 is 11.6 Å². The number of rotatable bonds is 7. The maximum absolute atomic E-state index is 12.7. The Labute approximate surface area is 167 Å². The van der Waals surface area contributed by atoms with Gasteiger partial charge in [-0.05, 0) is 36.4 Å². The Morgan fingerprint density at radius 3 is 2.64 bits per heavy atom. The highest BCUT2D eigenvalue weighted by Gasteiger charge is 2.21. The molecule has 144 valence electrons. The standard InChI is InChI=1S/C21H19ClN2O4/c1-24(13-19(25)23-17-7-5-6-16(22)12-17)21(26)20-15(10-11-27-20)14-28-18-8-3-2-4-9-18/h2-12H,13-14H2,1H3,(H,23,25). The lowest BCUT2D eigenvalue weighted by Crippen LogP contribution is -2.35. The van der Waals surface area contributed by atoms with Crippen molar-refractivity contribution in [2.45, 2.75) is 6.61 Å². The first-order chi connectivity index (χ1) is 13.5. The van der Waals surface area contributed by atoms with Crippen LogP contribution < -0.4 is 10.1 Å². The molecule has 1 N–H and O–H groups in total. The van der Waals surface area contributed by atoms with Crippen LogP contribution in [0.3, 0.4) is 0 Å². The number of amides is 2. The van der Waals surface area contributed by atoms with Crippen molar-refractivity contribution in [3.8, 4) is 5.75 Å². The molecule has 3 aromatic rings. The van der Waals surface area contributed by atoms with Crippen LogP contribution in [0.1, 0.15) is 16.1 Å². The van der Waals surface area contributed by atoms with Crippen molar-refractivity contribution in [2.75, 3.05) is 18.9 Å². The van der Waals surface area contributed by atoms with Crippen LogP contribution in [0, 0.1) is 0 Å². The summed E-state index contributed by atoms with van der Waals surface area (Å²) in [6, 6.07) is 17.7. The smallest absolute Gasteiger partial charge is 0.290 e. The Kier molecular flexibility index (Phi) is 6.34. The van der Waals surface area contributed by atoms with E-state index in [0.717, 1.165) is 0 Å². The highest BCUT2D eigenvalue weighted by molar-refractivity contribution is 6.30. The fourth-order valence-corrected chi connectivity index (χ4v) is 2.73. The zero-order chi connectivity index (χ0) is 19.9. The summed E-state index contributed by atoms with van der Waals surface area (Å²) in [4.78, 5) is 26.1. The topological polar surface area (TPSA) is 71.8 Å². The lowest BCUT2D eigenvalue weighted by atomic mass is 10.2. The molecule has 0 aliphatic carbocycles. The van der Waals surface area contributed by atoms with Crippen LogP contribution in [-0.4, -0.2) is 30.3 Å². The molecule has 0 radical (unpaired) electrons. The van der Waals surface area contributed by atoms with Crippen LogP contribution in [-0.2, 0) is 11.4 Å². The number of halogens is 1. The lowest BCUT2D eigenvalue weighted by Gasteiger charge is -2.16. The minimum absolute atomic E-state index is 0.134. The van der Waals surface area contributed by atoms with E-state index in [4.69, 9.17) is 20.8 Å². The quantitative estimate of drug-likeness (QED) is 0.646. The van der Waals surface area contributed by atoms with Crippen molar-refractivity contribution >= 4 is 29.1 Å². The van der Waals surface area contributed by atoms with Gasteiger partial charge in [-0.25, -0.2) is 0 Å². The largest absolute Gasteiger partial charge is 0.489 e. The van der Waals surface area contributed by atoms with E-state index in [1.165, 1.54) is 18.2 Å². The molecule has 28 heavy (non-hydrogen) atoms. The first-order valence-corrected chi connectivity index (χ1v) is 8.96. The molecule has 3 rings (SSSR count). The molecule has 1 aromatic heterocycles. The van der Waals surface area contributed by atoms with Gasteiger partial charge >= 0.3 is 0 Å². The molecule has 0 saturated carbocycles. The van der Waals surface area contributed by atoms with E-state index in [-0.39, 0.29) is 24.8 Å². The van der Waals surface area contributed by atoms with Gasteiger partial charge in [-0.1, -0.05) is 35.9 Å². The highest BCUT2D eigenvalue weighted by Crippen LogP contribution is 2.18. The van der Waals surface area contributed by atoms with E-state index in [1.807, 2.05) is 30.3 Å². The number of hydrogen-bond donors (Lipinski definition) is 1. The summed E-state index contributed by atoms with van der Waals surface area (Å²) < 4.78 is 11.0. The monoisotopic (exact) mass is 398 g/mol. The normalized spacial score (nSPS) is 10.4. The van der Waals surface area contributed by atoms with Gasteiger partial charge in [0.2, 0.25) is 5.91 Å². The number of nitrogens with zero attached hydrogens (tertiary/aromatic N) is 1. The third-order valence-corrected chi connectivity index (χ3v) is 4.15. The minimum atomic E-state index is -0.405. The van der Waals surface area contributed by atoms with Crippen LogP contribution in [0.2, 0.25) is 5.02 Å². The summed E-state index contributed by atoms with van der Waals surface area (Å²) in [5.41, 5.74) is 1.17. The Bertz CT molecular complexity index is 956. The zero-order valence-corrected chi connectivity index (χ0v) is 16.0. The van der Waals surface area contributed by atoms with Crippen LogP contribution in [0.4, 0.5) is 5.69 Å². The van der Waals surface area contributed by atoms with E-state index >= 15 is 0 Å². The fraction of sp³-hybridized carbons (Fsp3) is 0.143. The summed E-state index contributed by atoms with van der Waals surface area (Å²) in [6.45, 7) is 0.0508. The lowest BCUT2D eigenvalue weighted by molar-refractivity contribution is -0.116. The van der Waals surface area contributed by atoms with Gasteiger partial charge in [0, 0.05) is 23.3 Å². The number of carbonyl (C=O) groups excluding carboxylic acids is 2. The maximum atomic E-state index is 12.7. The highest BCUT2D eigenvalue weighted by atomic mass is 35.5. The summed E-state index contributed by atoms with van der Waals surface area (Å²) >= 11 is 5.90. The summed E-state index contributed by atoms with van der Waals surface area (Å²) in [5.74, 6) is 0.0926. The molecule has 0 unspecified atom stereocenters. The predicted octanol–water partition coefficient (Wildman–Crippen LogP) is 4.22. The van der Waals surface area contributed by atoms with Crippen LogP contribution in [0.5, 0.6) is 5.75 Å². The van der Waals surface area contributed by atoms with Gasteiger partial charge in [-0.15, -0.1) is 0 Å². The van der Waals surface area contributed by atoms with E-state index in [1.54, 1.807) is 30.3 Å². The number of nitrogens with one attached hydrogen (secondary N) is 1. The average molecular weight is 399 g/mol. The Morgan fingerprint density at radius 2 is 1.89 bits per heavy atom. The number of benzene rings is 2. The number of para-hydroxylation sites is 1. The second-order valence-corrected chi connectivity index (χ2v) is 6.53. The van der Waals surface area contributed by atoms with Crippen LogP contribution in [0.25, 0.3) is 0 Å². The molecule has 0 aliphatic rings. The number of ether oxygens (including phenoxy) is 1. The number of anilines is 1. The van der Waals surface area contributed by atoms with E-state index < -0.39 is 5.91 Å². The molecule has 0 fully saturated rings. The third-order valence-electron chi connectivity index (χ3n) is 3.91. The molecule has 0 bridgehead atoms. The Hall–Kier alpha value is -3.25. The van der Waals surface area contributed by atoms with Gasteiger partial charge in [0.15, 0.2) is 5.76 Å². The number of hydrogen-bond acceptors (Lipinski definition) is 4. The molecule has 1 heterocycles. The van der Waals surface area contributed by atoms with Crippen LogP contribution in [0.15, 0.2) is 71.3 Å². The first-order valence-electron chi connectivity index (χ1n) is 8.58. The van der Waals surface area contributed by atoms with Gasteiger partial charge in [0.05, 0.1) is 12.8 Å². The van der Waals surface area contributed by atoms with Crippen molar-refractivity contribution < 1.29 is 18.7 Å². The minimum Gasteiger partial charge on any atom is -0.489 e. The molecular weight excluding hydrogens is 380 g/mol. The number of likely N-dealkylation sites (N-methyl/N-ethyl adjacent to an activating group) is 1. The van der Waals surface area contributed by atoms with Crippen molar-refractivity contribution in [1.82, 2.24) is 4.90 Å². The Balaban J connectivity index is 1.59. The molecule has 2 amide bonds. The molecule has 0 aliphatic heterocycles. The summed E-state index contributed by atoms with van der Waals surface area (Å²) in [5, 5.41) is 3.22. The third kappa shape index (κ3) is 5.14. The van der Waals surface area contributed by atoms with Crippen molar-refractivity contribution in [3.63, 3.8) is 0 Å². The van der Waals surface area contributed by atoms with Gasteiger partial charge in [-0.2, -0.15) is 0 Å². The Morgan fingerprint density at radius 1 is 1.11 bits per heavy atom. The van der Waals surface area contributed by atoms with E-state index in [2.05, 4.69) is 5.32 Å². The van der Waals surface area contributed by atoms with Gasteiger partial charge in [0.25, 0.3) is 5.91 Å². The second-order valence-electron chi connectivity index (χ2n) is 6.10. The molecule has 0 saturated heterocycles. The maximum Gasteiger partial charge on any atom is 0.290 e. The van der Waals surface area contributed by atoms with Crippen molar-refractivity contribution in [1.29, 1.82) is 0 Å². The average Bonchev–Trinajstić information content (AvgIpc) is 3.15. The first kappa shape index (κ1) is 19.5. The SMILES string of the molecule is CN(CC(=O)Nc1cccc(Cl)c1)C(=O)c1occc1COc1ccccc1. The molecule has 0 atom stereocenters. The molecule has 7 heteroatoms. The number of furan rings is 1. The zero-order valence-electron chi connectivity index (χ0n) is 15.2. The van der Waals surface area contributed by atoms with Gasteiger partial charge in [-0.3, -0.25) is 9.59 Å². The molecule has 2 aromatic carbocycles. The molecular formula is C21H19ClN2O4. The second kappa shape index (κ2) is 9.10. The van der Waals surface area contributed by atoms with Gasteiger partial charge < -0.3 is 19.4 Å². The van der Waals surface area contributed by atoms with E-state index in [9.17, 15) is 9.59 Å². The molecule has 6 nitrogen and oxygen atoms in total. The van der Waals surface area contributed by atoms with E-state index in [0.29, 0.717) is 22.0 Å². The van der Waals surface area contributed by atoms with Gasteiger partial charge in [0.1, 0.15) is 12.4 Å². The molecule has 0 spiro atoms. The summed E-state index contributed by atoms with van der Waals surface area (Å²) in [6.07, 6.45) is 1.43. The summed E-state index contributed by atoms with van der Waals surface area (Å²) in [7, 11) is 1.53. The fourth-order valence-electron chi connectivity index (χ4n) is 2.54.